The van der Waals surface area contributed by atoms with Gasteiger partial charge in [-0.1, -0.05) is 39.0 Å². The minimum absolute atomic E-state index is 0.00682. The van der Waals surface area contributed by atoms with Crippen LogP contribution in [0.4, 0.5) is 0 Å². The van der Waals surface area contributed by atoms with Crippen LogP contribution in [0.15, 0.2) is 0 Å². The summed E-state index contributed by atoms with van der Waals surface area (Å²) < 4.78 is 4.84. The van der Waals surface area contributed by atoms with Crippen molar-refractivity contribution in [1.82, 2.24) is 5.32 Å². The SMILES string of the molecule is CCCCCCCCC[S+](C)CC(=O)NC1CCOC1=O. The van der Waals surface area contributed by atoms with Crippen LogP contribution in [0.2, 0.25) is 0 Å². The molecule has 122 valence electrons. The van der Waals surface area contributed by atoms with Crippen molar-refractivity contribution in [2.45, 2.75) is 64.3 Å². The van der Waals surface area contributed by atoms with Crippen LogP contribution in [0.1, 0.15) is 58.3 Å². The van der Waals surface area contributed by atoms with Gasteiger partial charge in [0.05, 0.1) is 12.9 Å². The highest BCUT2D eigenvalue weighted by molar-refractivity contribution is 7.96. The summed E-state index contributed by atoms with van der Waals surface area (Å²) in [6.45, 7) is 2.67. The van der Waals surface area contributed by atoms with Crippen molar-refractivity contribution in [2.24, 2.45) is 0 Å². The molecule has 5 heteroatoms. The van der Waals surface area contributed by atoms with E-state index in [0.29, 0.717) is 18.8 Å². The average molecular weight is 316 g/mol. The molecule has 0 bridgehead atoms. The molecule has 4 nitrogen and oxygen atoms in total. The quantitative estimate of drug-likeness (QED) is 0.362. The smallest absolute Gasteiger partial charge is 0.328 e. The first-order chi connectivity index (χ1) is 10.1. The number of nitrogens with one attached hydrogen (secondary N) is 1. The molecule has 1 fully saturated rings. The third kappa shape index (κ3) is 8.34. The van der Waals surface area contributed by atoms with Crippen LogP contribution < -0.4 is 5.32 Å². The van der Waals surface area contributed by atoms with Gasteiger partial charge in [-0.05, 0) is 23.7 Å². The third-order valence-corrected chi connectivity index (χ3v) is 5.49. The van der Waals surface area contributed by atoms with Crippen LogP contribution in [-0.4, -0.2) is 42.3 Å². The summed E-state index contributed by atoms with van der Waals surface area (Å²) in [5.41, 5.74) is 0. The number of cyclic esters (lactones) is 1. The summed E-state index contributed by atoms with van der Waals surface area (Å²) in [7, 11) is 0.116. The molecule has 1 aliphatic heterocycles. The lowest BCUT2D eigenvalue weighted by molar-refractivity contribution is -0.141. The van der Waals surface area contributed by atoms with Crippen molar-refractivity contribution in [3.8, 4) is 0 Å². The van der Waals surface area contributed by atoms with E-state index >= 15 is 0 Å². The minimum atomic E-state index is -0.409. The maximum Gasteiger partial charge on any atom is 0.328 e. The van der Waals surface area contributed by atoms with E-state index in [1.165, 1.54) is 44.9 Å². The Labute approximate surface area is 131 Å². The van der Waals surface area contributed by atoms with Crippen LogP contribution in [0.25, 0.3) is 0 Å². The zero-order chi connectivity index (χ0) is 15.5. The molecule has 0 saturated carbocycles. The number of carbonyl (C=O) groups excluding carboxylic acids is 2. The maximum absolute atomic E-state index is 11.9. The third-order valence-electron chi connectivity index (χ3n) is 3.74. The topological polar surface area (TPSA) is 55.4 Å². The first kappa shape index (κ1) is 18.3. The fourth-order valence-electron chi connectivity index (χ4n) is 2.46. The van der Waals surface area contributed by atoms with E-state index in [1.807, 2.05) is 0 Å². The molecule has 1 saturated heterocycles. The molecule has 0 aliphatic carbocycles. The minimum Gasteiger partial charge on any atom is -0.464 e. The van der Waals surface area contributed by atoms with Crippen molar-refractivity contribution in [3.63, 3.8) is 0 Å². The first-order valence-electron chi connectivity index (χ1n) is 8.18. The molecule has 0 radical (unpaired) electrons. The Morgan fingerprint density at radius 3 is 2.52 bits per heavy atom. The molecule has 1 amide bonds. The molecule has 1 aliphatic rings. The maximum atomic E-state index is 11.9. The average Bonchev–Trinajstić information content (AvgIpc) is 2.83. The van der Waals surface area contributed by atoms with Gasteiger partial charge in [0, 0.05) is 6.42 Å². The number of ether oxygens (including phenoxy) is 1. The molecule has 2 unspecified atom stereocenters. The number of esters is 1. The van der Waals surface area contributed by atoms with Gasteiger partial charge in [-0.2, -0.15) is 0 Å². The number of rotatable bonds is 11. The molecule has 21 heavy (non-hydrogen) atoms. The van der Waals surface area contributed by atoms with E-state index in [0.717, 1.165) is 5.75 Å². The molecule has 0 aromatic heterocycles. The summed E-state index contributed by atoms with van der Waals surface area (Å²) in [6.07, 6.45) is 11.9. The van der Waals surface area contributed by atoms with Gasteiger partial charge in [0.1, 0.15) is 11.8 Å². The number of hydrogen-bond donors (Lipinski definition) is 1. The number of hydrogen-bond acceptors (Lipinski definition) is 3. The fraction of sp³-hybridized carbons (Fsp3) is 0.875. The highest BCUT2D eigenvalue weighted by atomic mass is 32.2. The first-order valence-corrected chi connectivity index (χ1v) is 10.2. The summed E-state index contributed by atoms with van der Waals surface area (Å²) in [4.78, 5) is 23.1. The van der Waals surface area contributed by atoms with Gasteiger partial charge in [0.15, 0.2) is 5.75 Å². The second kappa shape index (κ2) is 10.9. The van der Waals surface area contributed by atoms with Crippen LogP contribution in [0.5, 0.6) is 0 Å². The van der Waals surface area contributed by atoms with Gasteiger partial charge >= 0.3 is 5.97 Å². The molecule has 0 aromatic carbocycles. The van der Waals surface area contributed by atoms with Gasteiger partial charge in [-0.3, -0.25) is 4.79 Å². The molecule has 0 spiro atoms. The van der Waals surface area contributed by atoms with Crippen molar-refractivity contribution in [1.29, 1.82) is 0 Å². The fourth-order valence-corrected chi connectivity index (χ4v) is 3.84. The Morgan fingerprint density at radius 1 is 1.24 bits per heavy atom. The van der Waals surface area contributed by atoms with Crippen molar-refractivity contribution in [2.75, 3.05) is 24.4 Å². The normalized spacial score (nSPS) is 19.3. The summed E-state index contributed by atoms with van der Waals surface area (Å²) >= 11 is 0. The standard InChI is InChI=1S/C16H29NO3S/c1-3-4-5-6-7-8-9-12-21(2)13-15(18)17-14-10-11-20-16(14)19/h14H,3-13H2,1-2H3/p+1. The van der Waals surface area contributed by atoms with Crippen LogP contribution >= 0.6 is 0 Å². The summed E-state index contributed by atoms with van der Waals surface area (Å²) in [6, 6.07) is -0.409. The Morgan fingerprint density at radius 2 is 1.90 bits per heavy atom. The van der Waals surface area contributed by atoms with Gasteiger partial charge < -0.3 is 10.1 Å². The largest absolute Gasteiger partial charge is 0.464 e. The second-order valence-electron chi connectivity index (χ2n) is 5.83. The highest BCUT2D eigenvalue weighted by Crippen LogP contribution is 2.09. The lowest BCUT2D eigenvalue weighted by Crippen LogP contribution is -2.41. The predicted octanol–water partition coefficient (Wildman–Crippen LogP) is 2.42. The number of unbranched alkanes of at least 4 members (excludes halogenated alkanes) is 6. The molecular formula is C16H30NO3S+. The van der Waals surface area contributed by atoms with Crippen molar-refractivity contribution < 1.29 is 14.3 Å². The molecular weight excluding hydrogens is 286 g/mol. The van der Waals surface area contributed by atoms with Gasteiger partial charge in [-0.25, -0.2) is 4.79 Å². The Balaban J connectivity index is 2.00. The zero-order valence-corrected chi connectivity index (χ0v) is 14.3. The van der Waals surface area contributed by atoms with E-state index in [4.69, 9.17) is 4.74 Å². The van der Waals surface area contributed by atoms with Crippen LogP contribution in [0, 0.1) is 0 Å². The van der Waals surface area contributed by atoms with Crippen molar-refractivity contribution >= 4 is 22.8 Å². The molecule has 2 atom stereocenters. The summed E-state index contributed by atoms with van der Waals surface area (Å²) in [5, 5.41) is 2.78. The predicted molar refractivity (Wildman–Crippen MR) is 88.5 cm³/mol. The highest BCUT2D eigenvalue weighted by Gasteiger charge is 2.29. The molecule has 1 heterocycles. The lowest BCUT2D eigenvalue weighted by atomic mass is 10.1. The van der Waals surface area contributed by atoms with E-state index in [2.05, 4.69) is 18.5 Å². The van der Waals surface area contributed by atoms with E-state index in [-0.39, 0.29) is 22.8 Å². The lowest BCUT2D eigenvalue weighted by Gasteiger charge is -2.08. The second-order valence-corrected chi connectivity index (χ2v) is 8.09. The number of carbonyl (C=O) groups is 2. The number of amides is 1. The van der Waals surface area contributed by atoms with Gasteiger partial charge in [0.25, 0.3) is 5.91 Å². The molecule has 0 aromatic rings. The van der Waals surface area contributed by atoms with E-state index < -0.39 is 6.04 Å². The molecule has 1 N–H and O–H groups in total. The van der Waals surface area contributed by atoms with Crippen LogP contribution in [-0.2, 0) is 25.2 Å². The summed E-state index contributed by atoms with van der Waals surface area (Å²) in [5.74, 6) is 1.37. The van der Waals surface area contributed by atoms with E-state index in [9.17, 15) is 9.59 Å². The Hall–Kier alpha value is -0.710. The Kier molecular flexibility index (Phi) is 9.55. The van der Waals surface area contributed by atoms with E-state index in [1.54, 1.807) is 0 Å². The Bertz CT molecular complexity index is 323. The van der Waals surface area contributed by atoms with Crippen LogP contribution in [0.3, 0.4) is 0 Å². The molecule has 1 rings (SSSR count). The van der Waals surface area contributed by atoms with Gasteiger partial charge in [-0.15, -0.1) is 0 Å². The van der Waals surface area contributed by atoms with Gasteiger partial charge in [0.2, 0.25) is 0 Å². The van der Waals surface area contributed by atoms with Crippen molar-refractivity contribution in [3.05, 3.63) is 0 Å². The zero-order valence-electron chi connectivity index (χ0n) is 13.5. The monoisotopic (exact) mass is 316 g/mol.